The van der Waals surface area contributed by atoms with Gasteiger partial charge in [0.05, 0.1) is 16.9 Å². The minimum absolute atomic E-state index is 0.0453. The molecule has 21 heavy (non-hydrogen) atoms. The quantitative estimate of drug-likeness (QED) is 0.932. The molecule has 0 atom stereocenters. The molecule has 2 rings (SSSR count). The van der Waals surface area contributed by atoms with Crippen LogP contribution in [0.15, 0.2) is 30.5 Å². The molecular formula is C15H18F3N3. The van der Waals surface area contributed by atoms with Crippen LogP contribution in [-0.2, 0) is 12.7 Å². The number of aryl methyl sites for hydroxylation is 1. The van der Waals surface area contributed by atoms with Gasteiger partial charge in [-0.1, -0.05) is 19.9 Å². The molecular weight excluding hydrogens is 279 g/mol. The predicted molar refractivity (Wildman–Crippen MR) is 75.3 cm³/mol. The Labute approximate surface area is 121 Å². The van der Waals surface area contributed by atoms with Crippen LogP contribution in [0.3, 0.4) is 0 Å². The number of hydrogen-bond acceptors (Lipinski definition) is 2. The largest absolute Gasteiger partial charge is 0.418 e. The van der Waals surface area contributed by atoms with E-state index >= 15 is 0 Å². The van der Waals surface area contributed by atoms with Crippen LogP contribution in [0.4, 0.5) is 13.2 Å². The molecule has 0 aliphatic rings. The zero-order valence-corrected chi connectivity index (χ0v) is 12.2. The zero-order valence-electron chi connectivity index (χ0n) is 12.2. The van der Waals surface area contributed by atoms with Crippen LogP contribution in [0.25, 0.3) is 5.69 Å². The number of hydrogen-bond donors (Lipinski definition) is 1. The van der Waals surface area contributed by atoms with Gasteiger partial charge in [-0.3, -0.25) is 0 Å². The summed E-state index contributed by atoms with van der Waals surface area (Å²) in [6, 6.07) is 6.23. The van der Waals surface area contributed by atoms with Crippen molar-refractivity contribution in [1.82, 2.24) is 15.1 Å². The van der Waals surface area contributed by atoms with Crippen molar-refractivity contribution in [1.29, 1.82) is 0 Å². The number of nitrogens with zero attached hydrogens (tertiary/aromatic N) is 2. The number of halogens is 3. The molecule has 0 bridgehead atoms. The zero-order chi connectivity index (χ0) is 15.6. The van der Waals surface area contributed by atoms with Crippen molar-refractivity contribution in [2.75, 3.05) is 0 Å². The van der Waals surface area contributed by atoms with E-state index in [1.807, 2.05) is 13.8 Å². The van der Waals surface area contributed by atoms with Gasteiger partial charge in [0.1, 0.15) is 0 Å². The van der Waals surface area contributed by atoms with Gasteiger partial charge in [-0.25, -0.2) is 4.68 Å². The summed E-state index contributed by atoms with van der Waals surface area (Å²) < 4.78 is 41.0. The molecule has 0 amide bonds. The maximum atomic E-state index is 13.3. The summed E-state index contributed by atoms with van der Waals surface area (Å²) in [6.45, 7) is 6.04. The van der Waals surface area contributed by atoms with E-state index in [9.17, 15) is 13.2 Å². The molecule has 1 aromatic carbocycles. The van der Waals surface area contributed by atoms with Gasteiger partial charge < -0.3 is 5.32 Å². The number of nitrogens with one attached hydrogen (secondary N) is 1. The van der Waals surface area contributed by atoms with Gasteiger partial charge in [0, 0.05) is 18.8 Å². The molecule has 0 aliphatic heterocycles. The Morgan fingerprint density at radius 1 is 1.24 bits per heavy atom. The second-order valence-electron chi connectivity index (χ2n) is 5.29. The molecule has 0 saturated heterocycles. The summed E-state index contributed by atoms with van der Waals surface area (Å²) in [4.78, 5) is 0. The molecule has 0 saturated carbocycles. The average Bonchev–Trinajstić information content (AvgIpc) is 2.81. The molecule has 2 aromatic rings. The van der Waals surface area contributed by atoms with Gasteiger partial charge in [-0.05, 0) is 30.7 Å². The number of alkyl halides is 3. The second-order valence-corrected chi connectivity index (χ2v) is 5.29. The number of rotatable bonds is 4. The molecule has 1 aromatic heterocycles. The molecule has 1 N–H and O–H groups in total. The van der Waals surface area contributed by atoms with E-state index < -0.39 is 11.7 Å². The third-order valence-electron chi connectivity index (χ3n) is 3.05. The fourth-order valence-electron chi connectivity index (χ4n) is 1.99. The molecule has 0 fully saturated rings. The average molecular weight is 297 g/mol. The molecule has 6 heteroatoms. The number of benzene rings is 1. The lowest BCUT2D eigenvalue weighted by molar-refractivity contribution is -0.137. The van der Waals surface area contributed by atoms with Crippen LogP contribution in [0.1, 0.15) is 30.7 Å². The molecule has 1 heterocycles. The van der Waals surface area contributed by atoms with E-state index in [0.29, 0.717) is 17.8 Å². The van der Waals surface area contributed by atoms with E-state index in [1.54, 1.807) is 19.1 Å². The van der Waals surface area contributed by atoms with Gasteiger partial charge in [0.25, 0.3) is 0 Å². The maximum absolute atomic E-state index is 13.3. The van der Waals surface area contributed by atoms with Crippen LogP contribution >= 0.6 is 0 Å². The van der Waals surface area contributed by atoms with Crippen LogP contribution in [0, 0.1) is 6.92 Å². The summed E-state index contributed by atoms with van der Waals surface area (Å²) in [5.74, 6) is 0. The van der Waals surface area contributed by atoms with Gasteiger partial charge in [0.2, 0.25) is 0 Å². The Bertz CT molecular complexity index is 615. The fourth-order valence-corrected chi connectivity index (χ4v) is 1.99. The van der Waals surface area contributed by atoms with Crippen molar-refractivity contribution in [2.24, 2.45) is 0 Å². The molecule has 3 nitrogen and oxygen atoms in total. The second kappa shape index (κ2) is 5.89. The Kier molecular flexibility index (Phi) is 4.37. The highest BCUT2D eigenvalue weighted by Gasteiger charge is 2.34. The molecule has 0 radical (unpaired) electrons. The van der Waals surface area contributed by atoms with E-state index in [2.05, 4.69) is 10.4 Å². The Balaban J connectivity index is 2.41. The minimum Gasteiger partial charge on any atom is -0.310 e. The maximum Gasteiger partial charge on any atom is 0.418 e. The first-order chi connectivity index (χ1) is 9.77. The van der Waals surface area contributed by atoms with Gasteiger partial charge >= 0.3 is 6.18 Å². The van der Waals surface area contributed by atoms with Crippen LogP contribution in [0.5, 0.6) is 0 Å². The lowest BCUT2D eigenvalue weighted by atomic mass is 10.1. The molecule has 0 spiro atoms. The molecule has 114 valence electrons. The fraction of sp³-hybridized carbons (Fsp3) is 0.400. The van der Waals surface area contributed by atoms with Gasteiger partial charge in [0.15, 0.2) is 0 Å². The van der Waals surface area contributed by atoms with Crippen molar-refractivity contribution in [3.05, 3.63) is 47.3 Å². The number of aromatic nitrogens is 2. The Morgan fingerprint density at radius 3 is 2.48 bits per heavy atom. The lowest BCUT2D eigenvalue weighted by Crippen LogP contribution is -2.22. The summed E-state index contributed by atoms with van der Waals surface area (Å²) >= 11 is 0. The normalized spacial score (nSPS) is 12.1. The third-order valence-corrected chi connectivity index (χ3v) is 3.05. The monoisotopic (exact) mass is 297 g/mol. The van der Waals surface area contributed by atoms with Crippen molar-refractivity contribution < 1.29 is 13.2 Å². The minimum atomic E-state index is -4.41. The van der Waals surface area contributed by atoms with Gasteiger partial charge in [-0.2, -0.15) is 18.3 Å². The van der Waals surface area contributed by atoms with E-state index in [1.165, 1.54) is 23.0 Å². The summed E-state index contributed by atoms with van der Waals surface area (Å²) in [5, 5.41) is 7.17. The van der Waals surface area contributed by atoms with Crippen molar-refractivity contribution in [3.8, 4) is 5.69 Å². The first-order valence-corrected chi connectivity index (χ1v) is 6.73. The van der Waals surface area contributed by atoms with Crippen LogP contribution in [-0.4, -0.2) is 15.8 Å². The highest BCUT2D eigenvalue weighted by Crippen LogP contribution is 2.34. The molecule has 0 aliphatic carbocycles. The van der Waals surface area contributed by atoms with E-state index in [-0.39, 0.29) is 11.7 Å². The van der Waals surface area contributed by atoms with Crippen molar-refractivity contribution in [2.45, 2.75) is 39.5 Å². The highest BCUT2D eigenvalue weighted by atomic mass is 19.4. The van der Waals surface area contributed by atoms with Crippen molar-refractivity contribution >= 4 is 0 Å². The molecule has 0 unspecified atom stereocenters. The third kappa shape index (κ3) is 3.85. The topological polar surface area (TPSA) is 29.9 Å². The SMILES string of the molecule is Cc1ccn(-c2ccc(CNC(C)C)cc2C(F)(F)F)n1. The van der Waals surface area contributed by atoms with Gasteiger partial charge in [-0.15, -0.1) is 0 Å². The lowest BCUT2D eigenvalue weighted by Gasteiger charge is -2.15. The Hall–Kier alpha value is -1.82. The Morgan fingerprint density at radius 2 is 1.95 bits per heavy atom. The predicted octanol–water partition coefficient (Wildman–Crippen LogP) is 3.70. The first kappa shape index (κ1) is 15.6. The first-order valence-electron chi connectivity index (χ1n) is 6.73. The summed E-state index contributed by atoms with van der Waals surface area (Å²) in [7, 11) is 0. The summed E-state index contributed by atoms with van der Waals surface area (Å²) in [5.41, 5.74) is 0.648. The van der Waals surface area contributed by atoms with Crippen LogP contribution in [0.2, 0.25) is 0 Å². The van der Waals surface area contributed by atoms with Crippen molar-refractivity contribution in [3.63, 3.8) is 0 Å². The van der Waals surface area contributed by atoms with Crippen LogP contribution < -0.4 is 5.32 Å². The van der Waals surface area contributed by atoms with E-state index in [4.69, 9.17) is 0 Å². The van der Waals surface area contributed by atoms with E-state index in [0.717, 1.165) is 0 Å². The smallest absolute Gasteiger partial charge is 0.310 e. The standard InChI is InChI=1S/C15H18F3N3/c1-10(2)19-9-12-4-5-14(13(8-12)15(16,17)18)21-7-6-11(3)20-21/h4-8,10,19H,9H2,1-3H3. The highest BCUT2D eigenvalue weighted by molar-refractivity contribution is 5.45. The summed E-state index contributed by atoms with van der Waals surface area (Å²) in [6.07, 6.45) is -2.88.